The first-order chi connectivity index (χ1) is 9.74. The molecule has 0 spiro atoms. The number of aromatic nitrogens is 3. The quantitative estimate of drug-likeness (QED) is 0.745. The van der Waals surface area contributed by atoms with Gasteiger partial charge in [-0.15, -0.1) is 0 Å². The van der Waals surface area contributed by atoms with Gasteiger partial charge in [-0.05, 0) is 26.8 Å². The summed E-state index contributed by atoms with van der Waals surface area (Å²) in [5.74, 6) is 0.226. The van der Waals surface area contributed by atoms with Crippen LogP contribution in [0.3, 0.4) is 0 Å². The lowest BCUT2D eigenvalue weighted by Gasteiger charge is -2.20. The molecular weight excluding hydrogens is 277 g/mol. The molecule has 0 radical (unpaired) electrons. The molecule has 2 heterocycles. The summed E-state index contributed by atoms with van der Waals surface area (Å²) < 4.78 is 11.3. The average molecular weight is 293 g/mol. The minimum absolute atomic E-state index is 0.0712. The van der Waals surface area contributed by atoms with Gasteiger partial charge in [0.05, 0.1) is 18.1 Å². The van der Waals surface area contributed by atoms with E-state index < -0.39 is 18.8 Å². The predicted octanol–water partition coefficient (Wildman–Crippen LogP) is -0.0971. The van der Waals surface area contributed by atoms with Crippen LogP contribution in [0, 0.1) is 0 Å². The highest BCUT2D eigenvalue weighted by molar-refractivity contribution is 6.59. The van der Waals surface area contributed by atoms with E-state index in [1.54, 1.807) is 20.8 Å². The molecule has 9 heteroatoms. The number of rotatable bonds is 2. The molecule has 112 valence electrons. The number of carbonyl (C=O) groups excluding carboxylic acids is 1. The van der Waals surface area contributed by atoms with Crippen molar-refractivity contribution in [2.75, 3.05) is 7.11 Å². The lowest BCUT2D eigenvalue weighted by molar-refractivity contribution is 0.0547. The van der Waals surface area contributed by atoms with Gasteiger partial charge in [-0.2, -0.15) is 0 Å². The van der Waals surface area contributed by atoms with Crippen molar-refractivity contribution < 1.29 is 24.3 Å². The van der Waals surface area contributed by atoms with E-state index in [0.29, 0.717) is 5.39 Å². The maximum atomic E-state index is 12.3. The SMILES string of the molecule is COc1ncnc2c1cc(B(O)O)n2C(=O)OC(C)(C)C. The number of fused-ring (bicyclic) bond motifs is 1. The Bertz CT molecular complexity index is 677. The zero-order valence-corrected chi connectivity index (χ0v) is 12.2. The summed E-state index contributed by atoms with van der Waals surface area (Å²) in [5, 5.41) is 19.3. The third-order valence-electron chi connectivity index (χ3n) is 2.62. The molecule has 0 aliphatic rings. The predicted molar refractivity (Wildman–Crippen MR) is 75.5 cm³/mol. The summed E-state index contributed by atoms with van der Waals surface area (Å²) >= 11 is 0. The fraction of sp³-hybridized carbons (Fsp3) is 0.417. The minimum Gasteiger partial charge on any atom is -0.480 e. The normalized spacial score (nSPS) is 11.5. The Kier molecular flexibility index (Phi) is 3.88. The molecule has 0 bridgehead atoms. The van der Waals surface area contributed by atoms with Crippen LogP contribution in [0.1, 0.15) is 20.8 Å². The molecule has 21 heavy (non-hydrogen) atoms. The summed E-state index contributed by atoms with van der Waals surface area (Å²) in [6.45, 7) is 5.13. The molecule has 0 atom stereocenters. The van der Waals surface area contributed by atoms with Crippen molar-refractivity contribution in [3.63, 3.8) is 0 Å². The smallest absolute Gasteiger partial charge is 0.480 e. The van der Waals surface area contributed by atoms with Crippen LogP contribution in [-0.2, 0) is 4.74 Å². The number of hydrogen-bond acceptors (Lipinski definition) is 7. The second-order valence-electron chi connectivity index (χ2n) is 5.38. The van der Waals surface area contributed by atoms with Crippen LogP contribution in [0.5, 0.6) is 5.88 Å². The summed E-state index contributed by atoms with van der Waals surface area (Å²) in [7, 11) is -0.446. The molecule has 0 aromatic carbocycles. The first-order valence-corrected chi connectivity index (χ1v) is 6.24. The number of methoxy groups -OCH3 is 1. The van der Waals surface area contributed by atoms with Gasteiger partial charge in [0.1, 0.15) is 11.9 Å². The third-order valence-corrected chi connectivity index (χ3v) is 2.62. The van der Waals surface area contributed by atoms with Crippen molar-refractivity contribution >= 4 is 29.8 Å². The zero-order chi connectivity index (χ0) is 15.8. The number of hydrogen-bond donors (Lipinski definition) is 2. The molecule has 0 unspecified atom stereocenters. The first kappa shape index (κ1) is 15.3. The van der Waals surface area contributed by atoms with Crippen LogP contribution in [-0.4, -0.2) is 50.5 Å². The van der Waals surface area contributed by atoms with Crippen molar-refractivity contribution in [2.45, 2.75) is 26.4 Å². The number of ether oxygens (including phenoxy) is 2. The third kappa shape index (κ3) is 2.98. The van der Waals surface area contributed by atoms with Crippen molar-refractivity contribution in [3.05, 3.63) is 12.4 Å². The Morgan fingerprint density at radius 3 is 2.52 bits per heavy atom. The molecule has 0 saturated carbocycles. The van der Waals surface area contributed by atoms with Crippen molar-refractivity contribution in [3.8, 4) is 5.88 Å². The second-order valence-corrected chi connectivity index (χ2v) is 5.38. The molecule has 0 aliphatic heterocycles. The van der Waals surface area contributed by atoms with Crippen LogP contribution in [0.4, 0.5) is 4.79 Å². The van der Waals surface area contributed by atoms with E-state index in [9.17, 15) is 14.8 Å². The number of carbonyl (C=O) groups is 1. The van der Waals surface area contributed by atoms with Crippen LogP contribution < -0.4 is 10.3 Å². The summed E-state index contributed by atoms with van der Waals surface area (Å²) in [4.78, 5) is 20.2. The van der Waals surface area contributed by atoms with Gasteiger partial charge >= 0.3 is 13.2 Å². The van der Waals surface area contributed by atoms with Crippen LogP contribution >= 0.6 is 0 Å². The van der Waals surface area contributed by atoms with Crippen molar-refractivity contribution in [1.82, 2.24) is 14.5 Å². The summed E-state index contributed by atoms with van der Waals surface area (Å²) in [6.07, 6.45) is 0.455. The van der Waals surface area contributed by atoms with Gasteiger partial charge in [0.15, 0.2) is 5.65 Å². The van der Waals surface area contributed by atoms with Crippen LogP contribution in [0.25, 0.3) is 11.0 Å². The minimum atomic E-state index is -1.86. The van der Waals surface area contributed by atoms with Gasteiger partial charge in [0.25, 0.3) is 0 Å². The van der Waals surface area contributed by atoms with E-state index in [1.807, 2.05) is 0 Å². The maximum Gasteiger partial charge on any atom is 0.506 e. The van der Waals surface area contributed by atoms with Gasteiger partial charge in [-0.25, -0.2) is 19.3 Å². The summed E-state index contributed by atoms with van der Waals surface area (Å²) in [6, 6.07) is 1.38. The molecule has 2 aromatic rings. The highest BCUT2D eigenvalue weighted by Crippen LogP contribution is 2.22. The zero-order valence-electron chi connectivity index (χ0n) is 12.2. The Morgan fingerprint density at radius 1 is 1.33 bits per heavy atom. The Hall–Kier alpha value is -2.13. The molecule has 0 aliphatic carbocycles. The molecule has 0 saturated heterocycles. The molecular formula is C12H16BN3O5. The van der Waals surface area contributed by atoms with Gasteiger partial charge in [0, 0.05) is 0 Å². The molecule has 2 rings (SSSR count). The Morgan fingerprint density at radius 2 is 2.00 bits per heavy atom. The fourth-order valence-electron chi connectivity index (χ4n) is 1.86. The molecule has 2 N–H and O–H groups in total. The van der Waals surface area contributed by atoms with Gasteiger partial charge in [-0.1, -0.05) is 0 Å². The standard InChI is InChI=1S/C12H16BN3O5/c1-12(2,3)21-11(17)16-8(13(18)19)5-7-9(16)14-6-15-10(7)20-4/h5-6,18-19H,1-4H3. The van der Waals surface area contributed by atoms with E-state index in [2.05, 4.69) is 9.97 Å². The van der Waals surface area contributed by atoms with Crippen molar-refractivity contribution in [2.24, 2.45) is 0 Å². The molecule has 0 amide bonds. The van der Waals surface area contributed by atoms with Gasteiger partial charge in [-0.3, -0.25) is 0 Å². The van der Waals surface area contributed by atoms with Crippen LogP contribution in [0.15, 0.2) is 12.4 Å². The van der Waals surface area contributed by atoms with E-state index in [0.717, 1.165) is 4.57 Å². The van der Waals surface area contributed by atoms with Crippen molar-refractivity contribution in [1.29, 1.82) is 0 Å². The first-order valence-electron chi connectivity index (χ1n) is 6.24. The monoisotopic (exact) mass is 293 g/mol. The molecule has 8 nitrogen and oxygen atoms in total. The highest BCUT2D eigenvalue weighted by atomic mass is 16.6. The topological polar surface area (TPSA) is 107 Å². The van der Waals surface area contributed by atoms with E-state index in [1.165, 1.54) is 19.5 Å². The lowest BCUT2D eigenvalue weighted by Crippen LogP contribution is -2.41. The average Bonchev–Trinajstić information content (AvgIpc) is 2.75. The van der Waals surface area contributed by atoms with E-state index in [4.69, 9.17) is 9.47 Å². The Balaban J connectivity index is 2.65. The van der Waals surface area contributed by atoms with E-state index in [-0.39, 0.29) is 17.1 Å². The fourth-order valence-corrected chi connectivity index (χ4v) is 1.86. The largest absolute Gasteiger partial charge is 0.506 e. The Labute approximate surface area is 121 Å². The highest BCUT2D eigenvalue weighted by Gasteiger charge is 2.29. The summed E-state index contributed by atoms with van der Waals surface area (Å²) in [5.41, 5.74) is -0.625. The van der Waals surface area contributed by atoms with E-state index >= 15 is 0 Å². The lowest BCUT2D eigenvalue weighted by atomic mass is 9.86. The van der Waals surface area contributed by atoms with Gasteiger partial charge < -0.3 is 19.5 Å². The maximum absolute atomic E-state index is 12.3. The molecule has 0 fully saturated rings. The number of nitrogens with zero attached hydrogens (tertiary/aromatic N) is 3. The van der Waals surface area contributed by atoms with Gasteiger partial charge in [0.2, 0.25) is 5.88 Å². The van der Waals surface area contributed by atoms with Crippen LogP contribution in [0.2, 0.25) is 0 Å². The second kappa shape index (κ2) is 5.34. The molecule has 2 aromatic heterocycles.